The highest BCUT2D eigenvalue weighted by Crippen LogP contribution is 2.09. The topological polar surface area (TPSA) is 46.2 Å². The normalized spacial score (nSPS) is 10.0. The number of aryl methyl sites for hydroxylation is 1. The van der Waals surface area contributed by atoms with Gasteiger partial charge in [0.25, 0.3) is 0 Å². The maximum Gasteiger partial charge on any atom is 0.229 e. The second-order valence-corrected chi connectivity index (χ2v) is 4.49. The molecule has 0 amide bonds. The molecule has 1 rings (SSSR count). The van der Waals surface area contributed by atoms with E-state index in [0.717, 1.165) is 11.8 Å². The van der Waals surface area contributed by atoms with E-state index in [-0.39, 0.29) is 0 Å². The molecule has 80 valence electrons. The zero-order valence-corrected chi connectivity index (χ0v) is 9.85. The first kappa shape index (κ1) is 13.0. The molecule has 0 unspecified atom stereocenters. The minimum atomic E-state index is -3.14. The lowest BCUT2D eigenvalue weighted by atomic mass is 10.2. The highest BCUT2D eigenvalue weighted by atomic mass is 32.2. The second-order valence-electron chi connectivity index (χ2n) is 2.74. The molecule has 0 heterocycles. The zero-order chi connectivity index (χ0) is 11.2. The molecule has 14 heavy (non-hydrogen) atoms. The number of benzene rings is 1. The van der Waals surface area contributed by atoms with Crippen LogP contribution >= 0.6 is 0 Å². The predicted molar refractivity (Wildman–Crippen MR) is 61.0 cm³/mol. The molecule has 0 bridgehead atoms. The largest absolute Gasteiger partial charge is 0.284 e. The van der Waals surface area contributed by atoms with Crippen LogP contribution < -0.4 is 4.72 Å². The maximum absolute atomic E-state index is 10.8. The van der Waals surface area contributed by atoms with Gasteiger partial charge in [-0.15, -0.1) is 0 Å². The van der Waals surface area contributed by atoms with Gasteiger partial charge < -0.3 is 0 Å². The average molecular weight is 215 g/mol. The first-order chi connectivity index (χ1) is 6.47. The number of rotatable bonds is 2. The van der Waals surface area contributed by atoms with Crippen LogP contribution in [-0.4, -0.2) is 14.7 Å². The van der Waals surface area contributed by atoms with Crippen molar-refractivity contribution in [3.05, 3.63) is 29.8 Å². The van der Waals surface area contributed by atoms with Crippen molar-refractivity contribution < 1.29 is 8.42 Å². The highest BCUT2D eigenvalue weighted by molar-refractivity contribution is 7.92. The standard InChI is InChI=1S/C8H11NO2S.C2H6/c1-7-3-5-8(6-4-7)9-12(2,10)11;1-2/h3-6,9H,1-2H3;1-2H3. The van der Waals surface area contributed by atoms with Crippen LogP contribution in [0.2, 0.25) is 0 Å². The van der Waals surface area contributed by atoms with Crippen molar-refractivity contribution in [2.24, 2.45) is 0 Å². The Morgan fingerprint density at radius 1 is 1.07 bits per heavy atom. The molecule has 4 heteroatoms. The van der Waals surface area contributed by atoms with Crippen LogP contribution in [0.4, 0.5) is 5.69 Å². The monoisotopic (exact) mass is 215 g/mol. The van der Waals surface area contributed by atoms with E-state index >= 15 is 0 Å². The van der Waals surface area contributed by atoms with E-state index < -0.39 is 10.0 Å². The molecule has 0 aliphatic heterocycles. The van der Waals surface area contributed by atoms with Crippen molar-refractivity contribution in [1.82, 2.24) is 0 Å². The number of hydrogen-bond acceptors (Lipinski definition) is 2. The molecule has 1 aromatic rings. The van der Waals surface area contributed by atoms with Gasteiger partial charge in [0, 0.05) is 5.69 Å². The van der Waals surface area contributed by atoms with E-state index in [0.29, 0.717) is 5.69 Å². The van der Waals surface area contributed by atoms with Gasteiger partial charge in [-0.05, 0) is 19.1 Å². The summed E-state index contributed by atoms with van der Waals surface area (Å²) in [5.41, 5.74) is 1.71. The summed E-state index contributed by atoms with van der Waals surface area (Å²) in [6.07, 6.45) is 1.13. The molecule has 3 nitrogen and oxygen atoms in total. The Morgan fingerprint density at radius 2 is 1.50 bits per heavy atom. The Morgan fingerprint density at radius 3 is 1.86 bits per heavy atom. The fourth-order valence-electron chi connectivity index (χ4n) is 0.836. The van der Waals surface area contributed by atoms with Gasteiger partial charge in [-0.25, -0.2) is 8.42 Å². The highest BCUT2D eigenvalue weighted by Gasteiger charge is 1.99. The summed E-state index contributed by atoms with van der Waals surface area (Å²) in [6.45, 7) is 5.95. The molecular weight excluding hydrogens is 198 g/mol. The van der Waals surface area contributed by atoms with Gasteiger partial charge in [0.05, 0.1) is 6.26 Å². The molecule has 0 radical (unpaired) electrons. The SMILES string of the molecule is CC.Cc1ccc(NS(C)(=O)=O)cc1. The summed E-state index contributed by atoms with van der Waals surface area (Å²) >= 11 is 0. The smallest absolute Gasteiger partial charge is 0.229 e. The van der Waals surface area contributed by atoms with Crippen molar-refractivity contribution in [2.45, 2.75) is 20.8 Å². The molecule has 1 N–H and O–H groups in total. The lowest BCUT2D eigenvalue weighted by molar-refractivity contribution is 0.607. The predicted octanol–water partition coefficient (Wildman–Crippen LogP) is 2.39. The summed E-state index contributed by atoms with van der Waals surface area (Å²) in [6, 6.07) is 7.17. The minimum absolute atomic E-state index is 0.600. The summed E-state index contributed by atoms with van der Waals surface area (Å²) < 4.78 is 23.9. The molecule has 0 saturated heterocycles. The van der Waals surface area contributed by atoms with Crippen molar-refractivity contribution in [3.8, 4) is 0 Å². The molecule has 0 aliphatic carbocycles. The number of anilines is 1. The van der Waals surface area contributed by atoms with Crippen LogP contribution in [0.15, 0.2) is 24.3 Å². The zero-order valence-electron chi connectivity index (χ0n) is 9.03. The van der Waals surface area contributed by atoms with Gasteiger partial charge in [-0.2, -0.15) is 0 Å². The second kappa shape index (κ2) is 5.65. The van der Waals surface area contributed by atoms with Crippen molar-refractivity contribution in [3.63, 3.8) is 0 Å². The van der Waals surface area contributed by atoms with Gasteiger partial charge in [0.2, 0.25) is 10.0 Å². The first-order valence-corrected chi connectivity index (χ1v) is 6.41. The molecule has 0 aliphatic rings. The lowest BCUT2D eigenvalue weighted by Gasteiger charge is -2.02. The van der Waals surface area contributed by atoms with Gasteiger partial charge >= 0.3 is 0 Å². The Bertz CT molecular complexity index is 354. The summed E-state index contributed by atoms with van der Waals surface area (Å²) in [5.74, 6) is 0. The lowest BCUT2D eigenvalue weighted by Crippen LogP contribution is -2.09. The molecule has 0 spiro atoms. The quantitative estimate of drug-likeness (QED) is 0.823. The van der Waals surface area contributed by atoms with Crippen molar-refractivity contribution >= 4 is 15.7 Å². The summed E-state index contributed by atoms with van der Waals surface area (Å²) in [7, 11) is -3.14. The van der Waals surface area contributed by atoms with Crippen LogP contribution in [-0.2, 0) is 10.0 Å². The fraction of sp³-hybridized carbons (Fsp3) is 0.400. The van der Waals surface area contributed by atoms with Gasteiger partial charge in [0.1, 0.15) is 0 Å². The third kappa shape index (κ3) is 5.59. The molecular formula is C10H17NO2S. The van der Waals surface area contributed by atoms with E-state index in [4.69, 9.17) is 0 Å². The Hall–Kier alpha value is -1.03. The maximum atomic E-state index is 10.8. The third-order valence-corrected chi connectivity index (χ3v) is 1.96. The van der Waals surface area contributed by atoms with Crippen molar-refractivity contribution in [1.29, 1.82) is 0 Å². The Labute approximate surface area is 86.2 Å². The van der Waals surface area contributed by atoms with Crippen LogP contribution in [0.3, 0.4) is 0 Å². The first-order valence-electron chi connectivity index (χ1n) is 4.52. The van der Waals surface area contributed by atoms with Crippen molar-refractivity contribution in [2.75, 3.05) is 11.0 Å². The van der Waals surface area contributed by atoms with E-state index in [9.17, 15) is 8.42 Å². The summed E-state index contributed by atoms with van der Waals surface area (Å²) in [5, 5.41) is 0. The van der Waals surface area contributed by atoms with E-state index in [2.05, 4.69) is 4.72 Å². The van der Waals surface area contributed by atoms with Crippen LogP contribution in [0.1, 0.15) is 19.4 Å². The summed E-state index contributed by atoms with van der Waals surface area (Å²) in [4.78, 5) is 0. The van der Waals surface area contributed by atoms with E-state index in [1.165, 1.54) is 0 Å². The number of nitrogens with one attached hydrogen (secondary N) is 1. The fourth-order valence-corrected chi connectivity index (χ4v) is 1.40. The van der Waals surface area contributed by atoms with Gasteiger partial charge in [-0.3, -0.25) is 4.72 Å². The van der Waals surface area contributed by atoms with Gasteiger partial charge in [-0.1, -0.05) is 31.5 Å². The number of hydrogen-bond donors (Lipinski definition) is 1. The molecule has 0 aromatic heterocycles. The molecule has 1 aromatic carbocycles. The minimum Gasteiger partial charge on any atom is -0.284 e. The average Bonchev–Trinajstić information content (AvgIpc) is 2.10. The van der Waals surface area contributed by atoms with Crippen LogP contribution in [0, 0.1) is 6.92 Å². The van der Waals surface area contributed by atoms with E-state index in [1.807, 2.05) is 32.9 Å². The van der Waals surface area contributed by atoms with Crippen LogP contribution in [0.25, 0.3) is 0 Å². The Kier molecular flexibility index (Phi) is 5.23. The number of sulfonamides is 1. The Balaban J connectivity index is 0.000000791. The van der Waals surface area contributed by atoms with E-state index in [1.54, 1.807) is 12.1 Å². The van der Waals surface area contributed by atoms with Crippen LogP contribution in [0.5, 0.6) is 0 Å². The molecule has 0 saturated carbocycles. The molecule has 0 fully saturated rings. The van der Waals surface area contributed by atoms with Gasteiger partial charge in [0.15, 0.2) is 0 Å². The molecule has 0 atom stereocenters. The third-order valence-electron chi connectivity index (χ3n) is 1.35.